The molecule has 1 heterocycles. The van der Waals surface area contributed by atoms with Crippen molar-refractivity contribution in [2.75, 3.05) is 0 Å². The van der Waals surface area contributed by atoms with Crippen molar-refractivity contribution in [2.45, 2.75) is 13.0 Å². The highest BCUT2D eigenvalue weighted by molar-refractivity contribution is 9.10. The second-order valence-corrected chi connectivity index (χ2v) is 3.12. The average Bonchev–Trinajstić information content (AvgIpc) is 2.08. The van der Waals surface area contributed by atoms with E-state index in [0.29, 0.717) is 0 Å². The predicted octanol–water partition coefficient (Wildman–Crippen LogP) is 2.38. The van der Waals surface area contributed by atoms with Crippen molar-refractivity contribution in [3.8, 4) is 0 Å². The molecule has 0 aromatic carbocycles. The van der Waals surface area contributed by atoms with Crippen LogP contribution < -0.4 is 5.73 Å². The maximum absolute atomic E-state index is 13.1. The highest BCUT2D eigenvalue weighted by Crippen LogP contribution is 2.24. The lowest BCUT2D eigenvalue weighted by Gasteiger charge is -2.05. The minimum atomic E-state index is -2.93. The standard InChI is InChI=1S/C7H6BrF3N2/c8-4-1-3(2-12)5(9)6(13-4)7(10)11/h1,7H,2,12H2. The number of hydrogen-bond acceptors (Lipinski definition) is 2. The van der Waals surface area contributed by atoms with E-state index >= 15 is 0 Å². The van der Waals surface area contributed by atoms with E-state index in [2.05, 4.69) is 20.9 Å². The molecule has 0 radical (unpaired) electrons. The Morgan fingerprint density at radius 2 is 2.15 bits per heavy atom. The van der Waals surface area contributed by atoms with Gasteiger partial charge in [-0.3, -0.25) is 0 Å². The van der Waals surface area contributed by atoms with Gasteiger partial charge >= 0.3 is 0 Å². The molecule has 6 heteroatoms. The second-order valence-electron chi connectivity index (χ2n) is 2.31. The molecule has 0 saturated heterocycles. The van der Waals surface area contributed by atoms with E-state index in [1.807, 2.05) is 0 Å². The number of aromatic nitrogens is 1. The van der Waals surface area contributed by atoms with Crippen molar-refractivity contribution in [1.82, 2.24) is 4.98 Å². The monoisotopic (exact) mass is 254 g/mol. The minimum Gasteiger partial charge on any atom is -0.326 e. The molecule has 2 nitrogen and oxygen atoms in total. The highest BCUT2D eigenvalue weighted by Gasteiger charge is 2.18. The fraction of sp³-hybridized carbons (Fsp3) is 0.286. The molecule has 0 aliphatic carbocycles. The molecule has 0 aliphatic rings. The maximum atomic E-state index is 13.1. The van der Waals surface area contributed by atoms with Crippen LogP contribution >= 0.6 is 15.9 Å². The summed E-state index contributed by atoms with van der Waals surface area (Å²) in [7, 11) is 0. The Kier molecular flexibility index (Phi) is 3.27. The molecule has 0 saturated carbocycles. The maximum Gasteiger partial charge on any atom is 0.283 e. The van der Waals surface area contributed by atoms with Gasteiger partial charge in [-0.25, -0.2) is 18.2 Å². The number of rotatable bonds is 2. The zero-order valence-electron chi connectivity index (χ0n) is 6.40. The fourth-order valence-electron chi connectivity index (χ4n) is 0.861. The molecular weight excluding hydrogens is 249 g/mol. The van der Waals surface area contributed by atoms with Crippen LogP contribution in [0.15, 0.2) is 10.7 Å². The van der Waals surface area contributed by atoms with Crippen LogP contribution in [-0.2, 0) is 6.54 Å². The van der Waals surface area contributed by atoms with Crippen LogP contribution in [0.4, 0.5) is 13.2 Å². The Morgan fingerprint density at radius 1 is 1.54 bits per heavy atom. The fourth-order valence-corrected chi connectivity index (χ4v) is 1.33. The van der Waals surface area contributed by atoms with Crippen LogP contribution in [0.25, 0.3) is 0 Å². The zero-order valence-corrected chi connectivity index (χ0v) is 7.98. The van der Waals surface area contributed by atoms with Gasteiger partial charge in [-0.1, -0.05) is 0 Å². The largest absolute Gasteiger partial charge is 0.326 e. The summed E-state index contributed by atoms with van der Waals surface area (Å²) < 4.78 is 37.5. The van der Waals surface area contributed by atoms with E-state index in [9.17, 15) is 13.2 Å². The van der Waals surface area contributed by atoms with Crippen molar-refractivity contribution >= 4 is 15.9 Å². The van der Waals surface area contributed by atoms with Crippen LogP contribution in [-0.4, -0.2) is 4.98 Å². The Balaban J connectivity index is 3.27. The molecule has 0 aliphatic heterocycles. The molecule has 1 rings (SSSR count). The van der Waals surface area contributed by atoms with Crippen molar-refractivity contribution < 1.29 is 13.2 Å². The first-order valence-electron chi connectivity index (χ1n) is 3.39. The summed E-state index contributed by atoms with van der Waals surface area (Å²) in [5, 5.41) is 0. The quantitative estimate of drug-likeness (QED) is 0.824. The first-order valence-corrected chi connectivity index (χ1v) is 4.18. The average molecular weight is 255 g/mol. The van der Waals surface area contributed by atoms with E-state index in [0.717, 1.165) is 0 Å². The molecule has 0 spiro atoms. The van der Waals surface area contributed by atoms with Gasteiger partial charge in [0.05, 0.1) is 0 Å². The lowest BCUT2D eigenvalue weighted by Crippen LogP contribution is -2.05. The van der Waals surface area contributed by atoms with Gasteiger partial charge in [0, 0.05) is 12.1 Å². The van der Waals surface area contributed by atoms with Gasteiger partial charge < -0.3 is 5.73 Å². The summed E-state index contributed by atoms with van der Waals surface area (Å²) in [4.78, 5) is 3.32. The van der Waals surface area contributed by atoms with Gasteiger partial charge in [0.15, 0.2) is 5.82 Å². The molecule has 1 aromatic rings. The van der Waals surface area contributed by atoms with E-state index in [4.69, 9.17) is 5.73 Å². The number of alkyl halides is 2. The number of halogens is 4. The number of nitrogens with two attached hydrogens (primary N) is 1. The summed E-state index contributed by atoms with van der Waals surface area (Å²) in [6.07, 6.45) is -2.93. The molecule has 0 amide bonds. The van der Waals surface area contributed by atoms with Crippen LogP contribution in [0, 0.1) is 5.82 Å². The highest BCUT2D eigenvalue weighted by atomic mass is 79.9. The van der Waals surface area contributed by atoms with Gasteiger partial charge in [0.1, 0.15) is 10.3 Å². The van der Waals surface area contributed by atoms with Gasteiger partial charge in [-0.15, -0.1) is 0 Å². The zero-order chi connectivity index (χ0) is 10.0. The molecule has 2 N–H and O–H groups in total. The van der Waals surface area contributed by atoms with E-state index in [1.165, 1.54) is 6.07 Å². The van der Waals surface area contributed by atoms with Gasteiger partial charge in [0.2, 0.25) is 0 Å². The molecule has 0 fully saturated rings. The summed E-state index contributed by atoms with van der Waals surface area (Å²) in [6.45, 7) is -0.132. The first kappa shape index (κ1) is 10.5. The van der Waals surface area contributed by atoms with E-state index in [-0.39, 0.29) is 16.7 Å². The van der Waals surface area contributed by atoms with Crippen LogP contribution in [0.1, 0.15) is 17.7 Å². The Hall–Kier alpha value is -0.620. The molecule has 0 atom stereocenters. The van der Waals surface area contributed by atoms with Gasteiger partial charge in [0.25, 0.3) is 6.43 Å². The molecule has 0 unspecified atom stereocenters. The third-order valence-corrected chi connectivity index (χ3v) is 1.86. The Bertz CT molecular complexity index is 317. The summed E-state index contributed by atoms with van der Waals surface area (Å²) in [6, 6.07) is 1.28. The number of pyridine rings is 1. The molecule has 13 heavy (non-hydrogen) atoms. The Labute approximate surface area is 81.1 Å². The normalized spacial score (nSPS) is 10.9. The first-order chi connectivity index (χ1) is 6.06. The number of hydrogen-bond donors (Lipinski definition) is 1. The van der Waals surface area contributed by atoms with Crippen molar-refractivity contribution in [3.05, 3.63) is 27.7 Å². The summed E-state index contributed by atoms with van der Waals surface area (Å²) in [5.74, 6) is -1.03. The summed E-state index contributed by atoms with van der Waals surface area (Å²) in [5.41, 5.74) is 4.31. The SMILES string of the molecule is NCc1cc(Br)nc(C(F)F)c1F. The summed E-state index contributed by atoms with van der Waals surface area (Å²) >= 11 is 2.89. The van der Waals surface area contributed by atoms with Crippen molar-refractivity contribution in [1.29, 1.82) is 0 Å². The minimum absolute atomic E-state index is 0.0252. The third-order valence-electron chi connectivity index (χ3n) is 1.45. The smallest absolute Gasteiger partial charge is 0.283 e. The van der Waals surface area contributed by atoms with Crippen LogP contribution in [0.2, 0.25) is 0 Å². The van der Waals surface area contributed by atoms with Gasteiger partial charge in [-0.2, -0.15) is 0 Å². The van der Waals surface area contributed by atoms with Crippen LogP contribution in [0.3, 0.4) is 0 Å². The van der Waals surface area contributed by atoms with Crippen molar-refractivity contribution in [3.63, 3.8) is 0 Å². The molecule has 72 valence electrons. The Morgan fingerprint density at radius 3 is 2.62 bits per heavy atom. The van der Waals surface area contributed by atoms with Crippen molar-refractivity contribution in [2.24, 2.45) is 5.73 Å². The topological polar surface area (TPSA) is 38.9 Å². The van der Waals surface area contributed by atoms with E-state index in [1.54, 1.807) is 0 Å². The lowest BCUT2D eigenvalue weighted by atomic mass is 10.2. The molecular formula is C7H6BrF3N2. The van der Waals surface area contributed by atoms with Gasteiger partial charge in [-0.05, 0) is 22.0 Å². The van der Waals surface area contributed by atoms with Crippen LogP contribution in [0.5, 0.6) is 0 Å². The third kappa shape index (κ3) is 2.19. The number of nitrogens with zero attached hydrogens (tertiary/aromatic N) is 1. The second kappa shape index (κ2) is 4.06. The molecule has 0 bridgehead atoms. The predicted molar refractivity (Wildman–Crippen MR) is 44.7 cm³/mol. The van der Waals surface area contributed by atoms with E-state index < -0.39 is 17.9 Å². The lowest BCUT2D eigenvalue weighted by molar-refractivity contribution is 0.140. The molecule has 1 aromatic heterocycles.